The highest BCUT2D eigenvalue weighted by Gasteiger charge is 2.51. The minimum absolute atomic E-state index is 0.308. The van der Waals surface area contributed by atoms with Crippen LogP contribution in [0.5, 0.6) is 0 Å². The standard InChI is InChI=1S/C25H36ClN3O/c26-22-3-1-4-23(14-22)29-9-7-28(8-10-29)6-2-5-27-24(30)18-25-15-19-11-20(16-25)13-21(12-19)17-25/h1,3-4,14,19-21H,2,5-13,15-18H2,(H,27,30). The largest absolute Gasteiger partial charge is 0.369 e. The van der Waals surface area contributed by atoms with E-state index in [0.29, 0.717) is 11.3 Å². The molecule has 4 bridgehead atoms. The minimum atomic E-state index is 0.308. The molecule has 5 heteroatoms. The molecule has 1 heterocycles. The number of anilines is 1. The van der Waals surface area contributed by atoms with Gasteiger partial charge in [-0.05, 0) is 92.9 Å². The fourth-order valence-corrected chi connectivity index (χ4v) is 7.53. The molecule has 164 valence electrons. The monoisotopic (exact) mass is 429 g/mol. The van der Waals surface area contributed by atoms with Crippen molar-refractivity contribution in [2.24, 2.45) is 23.2 Å². The molecule has 1 saturated heterocycles. The summed E-state index contributed by atoms with van der Waals surface area (Å²) >= 11 is 6.13. The first-order chi connectivity index (χ1) is 14.6. The number of halogens is 1. The highest BCUT2D eigenvalue weighted by atomic mass is 35.5. The van der Waals surface area contributed by atoms with Crippen LogP contribution in [-0.4, -0.2) is 50.1 Å². The Morgan fingerprint density at radius 1 is 1.03 bits per heavy atom. The van der Waals surface area contributed by atoms with Gasteiger partial charge in [0, 0.05) is 49.9 Å². The van der Waals surface area contributed by atoms with E-state index in [4.69, 9.17) is 11.6 Å². The van der Waals surface area contributed by atoms with Gasteiger partial charge in [0.1, 0.15) is 0 Å². The van der Waals surface area contributed by atoms with E-state index < -0.39 is 0 Å². The van der Waals surface area contributed by atoms with Crippen molar-refractivity contribution in [2.45, 2.75) is 51.4 Å². The molecule has 0 aromatic heterocycles. The summed E-state index contributed by atoms with van der Waals surface area (Å²) in [6.45, 7) is 6.12. The van der Waals surface area contributed by atoms with Crippen LogP contribution >= 0.6 is 11.6 Å². The number of nitrogens with one attached hydrogen (secondary N) is 1. The number of carbonyl (C=O) groups excluding carboxylic acids is 1. The van der Waals surface area contributed by atoms with E-state index in [2.05, 4.69) is 27.2 Å². The van der Waals surface area contributed by atoms with Gasteiger partial charge in [-0.2, -0.15) is 0 Å². The Hall–Kier alpha value is -1.26. The molecule has 0 radical (unpaired) electrons. The van der Waals surface area contributed by atoms with Gasteiger partial charge in [0.2, 0.25) is 5.91 Å². The van der Waals surface area contributed by atoms with Crippen molar-refractivity contribution >= 4 is 23.2 Å². The molecule has 0 spiro atoms. The van der Waals surface area contributed by atoms with E-state index in [1.165, 1.54) is 44.2 Å². The molecule has 1 aromatic carbocycles. The lowest BCUT2D eigenvalue weighted by Gasteiger charge is -2.56. The number of piperazine rings is 1. The number of hydrogen-bond donors (Lipinski definition) is 1. The molecule has 6 rings (SSSR count). The van der Waals surface area contributed by atoms with Crippen LogP contribution < -0.4 is 10.2 Å². The molecule has 1 aromatic rings. The zero-order valence-corrected chi connectivity index (χ0v) is 18.9. The molecule has 30 heavy (non-hydrogen) atoms. The van der Waals surface area contributed by atoms with Crippen LogP contribution in [0.3, 0.4) is 0 Å². The molecule has 5 aliphatic rings. The van der Waals surface area contributed by atoms with Crippen LogP contribution in [0.2, 0.25) is 5.02 Å². The Balaban J connectivity index is 0.999. The van der Waals surface area contributed by atoms with Crippen molar-refractivity contribution in [3.8, 4) is 0 Å². The Morgan fingerprint density at radius 3 is 2.33 bits per heavy atom. The smallest absolute Gasteiger partial charge is 0.220 e. The van der Waals surface area contributed by atoms with Crippen LogP contribution in [0.4, 0.5) is 5.69 Å². The number of hydrogen-bond acceptors (Lipinski definition) is 3. The van der Waals surface area contributed by atoms with Crippen LogP contribution in [0, 0.1) is 23.2 Å². The van der Waals surface area contributed by atoms with E-state index in [1.54, 1.807) is 0 Å². The SMILES string of the molecule is O=C(CC12CC3CC(CC(C3)C1)C2)NCCCN1CCN(c2cccc(Cl)c2)CC1. The summed E-state index contributed by atoms with van der Waals surface area (Å²) in [5, 5.41) is 4.05. The highest BCUT2D eigenvalue weighted by molar-refractivity contribution is 6.30. The summed E-state index contributed by atoms with van der Waals surface area (Å²) < 4.78 is 0. The van der Waals surface area contributed by atoms with Gasteiger partial charge in [0.05, 0.1) is 0 Å². The first-order valence-corrected chi connectivity index (χ1v) is 12.4. The lowest BCUT2D eigenvalue weighted by Crippen LogP contribution is -2.48. The third-order valence-corrected chi connectivity index (χ3v) is 8.45. The molecular formula is C25H36ClN3O. The molecule has 4 aliphatic carbocycles. The summed E-state index contributed by atoms with van der Waals surface area (Å²) in [6, 6.07) is 8.15. The molecular weight excluding hydrogens is 394 g/mol. The predicted octanol–water partition coefficient (Wildman–Crippen LogP) is 4.57. The van der Waals surface area contributed by atoms with Crippen LogP contribution in [0.1, 0.15) is 51.4 Å². The molecule has 1 aliphatic heterocycles. The lowest BCUT2D eigenvalue weighted by atomic mass is 9.49. The average molecular weight is 430 g/mol. The van der Waals surface area contributed by atoms with Crippen molar-refractivity contribution in [2.75, 3.05) is 44.2 Å². The van der Waals surface area contributed by atoms with E-state index in [-0.39, 0.29) is 0 Å². The molecule has 1 N–H and O–H groups in total. The summed E-state index contributed by atoms with van der Waals surface area (Å²) in [6.07, 6.45) is 10.1. The Kier molecular flexibility index (Phi) is 5.99. The second kappa shape index (κ2) is 8.70. The Labute approximate surface area is 186 Å². The maximum atomic E-state index is 12.7. The quantitative estimate of drug-likeness (QED) is 0.644. The molecule has 4 saturated carbocycles. The maximum absolute atomic E-state index is 12.7. The van der Waals surface area contributed by atoms with E-state index >= 15 is 0 Å². The summed E-state index contributed by atoms with van der Waals surface area (Å²) in [5.41, 5.74) is 1.58. The molecule has 4 nitrogen and oxygen atoms in total. The van der Waals surface area contributed by atoms with Crippen LogP contribution in [0.25, 0.3) is 0 Å². The second-order valence-electron chi connectivity index (χ2n) is 10.6. The van der Waals surface area contributed by atoms with Crippen molar-refractivity contribution < 1.29 is 4.79 Å². The zero-order valence-electron chi connectivity index (χ0n) is 18.1. The van der Waals surface area contributed by atoms with Crippen molar-refractivity contribution in [3.63, 3.8) is 0 Å². The summed E-state index contributed by atoms with van der Waals surface area (Å²) in [4.78, 5) is 17.6. The first-order valence-electron chi connectivity index (χ1n) is 12.1. The van der Waals surface area contributed by atoms with Gasteiger partial charge >= 0.3 is 0 Å². The van der Waals surface area contributed by atoms with Gasteiger partial charge in [-0.1, -0.05) is 17.7 Å². The molecule has 1 amide bonds. The number of carbonyl (C=O) groups is 1. The van der Waals surface area contributed by atoms with E-state index in [9.17, 15) is 4.79 Å². The first kappa shape index (κ1) is 20.6. The third-order valence-electron chi connectivity index (χ3n) is 8.22. The second-order valence-corrected chi connectivity index (χ2v) is 11.0. The average Bonchev–Trinajstić information content (AvgIpc) is 2.70. The van der Waals surface area contributed by atoms with Gasteiger partial charge in [-0.3, -0.25) is 9.69 Å². The number of benzene rings is 1. The number of rotatable bonds is 7. The van der Waals surface area contributed by atoms with Gasteiger partial charge < -0.3 is 10.2 Å². The zero-order chi connectivity index (χ0) is 20.6. The van der Waals surface area contributed by atoms with Crippen molar-refractivity contribution in [3.05, 3.63) is 29.3 Å². The third kappa shape index (κ3) is 4.65. The highest BCUT2D eigenvalue weighted by Crippen LogP contribution is 2.61. The van der Waals surface area contributed by atoms with Gasteiger partial charge in [-0.25, -0.2) is 0 Å². The fourth-order valence-electron chi connectivity index (χ4n) is 7.34. The van der Waals surface area contributed by atoms with Crippen molar-refractivity contribution in [1.29, 1.82) is 0 Å². The van der Waals surface area contributed by atoms with E-state index in [1.807, 2.05) is 12.1 Å². The predicted molar refractivity (Wildman–Crippen MR) is 123 cm³/mol. The van der Waals surface area contributed by atoms with Gasteiger partial charge in [0.25, 0.3) is 0 Å². The normalized spacial score (nSPS) is 33.1. The molecule has 0 unspecified atom stereocenters. The van der Waals surface area contributed by atoms with E-state index in [0.717, 1.165) is 74.9 Å². The lowest BCUT2D eigenvalue weighted by molar-refractivity contribution is -0.129. The van der Waals surface area contributed by atoms with Gasteiger partial charge in [0.15, 0.2) is 0 Å². The fraction of sp³-hybridized carbons (Fsp3) is 0.720. The van der Waals surface area contributed by atoms with Crippen LogP contribution in [-0.2, 0) is 4.79 Å². The Bertz CT molecular complexity index is 723. The Morgan fingerprint density at radius 2 is 1.70 bits per heavy atom. The maximum Gasteiger partial charge on any atom is 0.220 e. The summed E-state index contributed by atoms with van der Waals surface area (Å²) in [5.74, 6) is 3.08. The van der Waals surface area contributed by atoms with Crippen LogP contribution in [0.15, 0.2) is 24.3 Å². The molecule has 0 atom stereocenters. The van der Waals surface area contributed by atoms with Gasteiger partial charge in [-0.15, -0.1) is 0 Å². The number of amides is 1. The topological polar surface area (TPSA) is 35.6 Å². The molecule has 5 fully saturated rings. The summed E-state index contributed by atoms with van der Waals surface area (Å²) in [7, 11) is 0. The van der Waals surface area contributed by atoms with Crippen molar-refractivity contribution in [1.82, 2.24) is 10.2 Å². The number of nitrogens with zero attached hydrogens (tertiary/aromatic N) is 2. The minimum Gasteiger partial charge on any atom is -0.369 e.